The van der Waals surface area contributed by atoms with E-state index in [9.17, 15) is 4.21 Å². The van der Waals surface area contributed by atoms with Gasteiger partial charge in [0, 0.05) is 0 Å². The third-order valence-corrected chi connectivity index (χ3v) is 6.05. The van der Waals surface area contributed by atoms with Gasteiger partial charge in [0.15, 0.2) is 5.58 Å². The minimum Gasteiger partial charge on any atom is -0.422 e. The minimum atomic E-state index is -2.63. The molecule has 0 radical (unpaired) electrons. The first kappa shape index (κ1) is 16.5. The number of hydrogen-bond acceptors (Lipinski definition) is 4. The highest BCUT2D eigenvalue weighted by atomic mass is 32.2. The molecule has 0 N–H and O–H groups in total. The van der Waals surface area contributed by atoms with Crippen molar-refractivity contribution in [1.82, 2.24) is 4.98 Å². The molecule has 0 aliphatic heterocycles. The highest BCUT2D eigenvalue weighted by molar-refractivity contribution is 7.92. The van der Waals surface area contributed by atoms with Gasteiger partial charge in [-0.3, -0.25) is 0 Å². The van der Waals surface area contributed by atoms with Crippen LogP contribution in [0.25, 0.3) is 11.1 Å². The van der Waals surface area contributed by atoms with Gasteiger partial charge in [-0.05, 0) is 23.3 Å². The number of hydrogen-bond donors (Lipinski definition) is 0. The fourth-order valence-electron chi connectivity index (χ4n) is 2.83. The highest BCUT2D eigenvalue weighted by Gasteiger charge is 2.15. The SMILES string of the molecule is O=S(Cc1ccccc1)(Cc1ccccc1)=Nc1nc2ccccc2o1. The Morgan fingerprint density at radius 2 is 1.31 bits per heavy atom. The standard InChI is InChI=1S/C21H18N2O2S/c24-26(15-17-9-3-1-4-10-17,16-18-11-5-2-6-12-18)23-21-22-19-13-7-8-14-20(19)25-21/h1-14H,15-16H2. The van der Waals surface area contributed by atoms with Crippen molar-refractivity contribution in [3.05, 3.63) is 96.1 Å². The largest absolute Gasteiger partial charge is 0.422 e. The maximum atomic E-state index is 13.7. The van der Waals surface area contributed by atoms with E-state index >= 15 is 0 Å². The lowest BCUT2D eigenvalue weighted by Gasteiger charge is -2.10. The molecule has 0 saturated carbocycles. The lowest BCUT2D eigenvalue weighted by molar-refractivity contribution is 0.612. The Labute approximate surface area is 152 Å². The fraction of sp³-hybridized carbons (Fsp3) is 0.0952. The van der Waals surface area contributed by atoms with Crippen LogP contribution in [-0.4, -0.2) is 9.19 Å². The summed E-state index contributed by atoms with van der Waals surface area (Å²) in [6, 6.07) is 27.1. The van der Waals surface area contributed by atoms with E-state index in [0.29, 0.717) is 22.6 Å². The molecule has 0 saturated heterocycles. The van der Waals surface area contributed by atoms with Gasteiger partial charge in [0.05, 0.1) is 21.2 Å². The molecule has 4 rings (SSSR count). The molecule has 0 aliphatic carbocycles. The van der Waals surface area contributed by atoms with Crippen LogP contribution in [0, 0.1) is 0 Å². The van der Waals surface area contributed by atoms with Crippen LogP contribution in [0.4, 0.5) is 6.01 Å². The average Bonchev–Trinajstić information content (AvgIpc) is 3.04. The lowest BCUT2D eigenvalue weighted by atomic mass is 10.2. The van der Waals surface area contributed by atoms with Crippen LogP contribution in [0.15, 0.2) is 93.7 Å². The summed E-state index contributed by atoms with van der Waals surface area (Å²) < 4.78 is 23.9. The third-order valence-electron chi connectivity index (χ3n) is 4.00. The first-order valence-electron chi connectivity index (χ1n) is 8.36. The normalized spacial score (nSPS) is 11.5. The van der Waals surface area contributed by atoms with Crippen LogP contribution < -0.4 is 0 Å². The second-order valence-corrected chi connectivity index (χ2v) is 8.39. The monoisotopic (exact) mass is 362 g/mol. The zero-order valence-corrected chi connectivity index (χ0v) is 14.9. The smallest absolute Gasteiger partial charge is 0.331 e. The Morgan fingerprint density at radius 1 is 0.769 bits per heavy atom. The number of para-hydroxylation sites is 2. The van der Waals surface area contributed by atoms with Gasteiger partial charge in [-0.2, -0.15) is 4.98 Å². The molecule has 4 nitrogen and oxygen atoms in total. The lowest BCUT2D eigenvalue weighted by Crippen LogP contribution is -2.07. The molecule has 3 aromatic carbocycles. The van der Waals surface area contributed by atoms with Gasteiger partial charge in [0.1, 0.15) is 5.52 Å². The number of benzene rings is 3. The third kappa shape index (κ3) is 3.83. The molecule has 4 aromatic rings. The first-order chi connectivity index (χ1) is 12.7. The highest BCUT2D eigenvalue weighted by Crippen LogP contribution is 2.25. The van der Waals surface area contributed by atoms with Crippen molar-refractivity contribution in [2.45, 2.75) is 11.5 Å². The summed E-state index contributed by atoms with van der Waals surface area (Å²) in [5, 5.41) is 0. The number of nitrogens with zero attached hydrogens (tertiary/aromatic N) is 2. The van der Waals surface area contributed by atoms with E-state index in [4.69, 9.17) is 4.42 Å². The molecular weight excluding hydrogens is 344 g/mol. The summed E-state index contributed by atoms with van der Waals surface area (Å²) in [7, 11) is -2.63. The molecule has 26 heavy (non-hydrogen) atoms. The Hall–Kier alpha value is -2.92. The van der Waals surface area contributed by atoms with E-state index in [0.717, 1.165) is 11.1 Å². The fourth-order valence-corrected chi connectivity index (χ4v) is 4.85. The van der Waals surface area contributed by atoms with Crippen molar-refractivity contribution < 1.29 is 8.63 Å². The number of fused-ring (bicyclic) bond motifs is 1. The van der Waals surface area contributed by atoms with Crippen LogP contribution in [0.5, 0.6) is 0 Å². The Bertz CT molecular complexity index is 1050. The van der Waals surface area contributed by atoms with E-state index in [2.05, 4.69) is 9.35 Å². The predicted molar refractivity (Wildman–Crippen MR) is 105 cm³/mol. The van der Waals surface area contributed by atoms with Crippen molar-refractivity contribution in [3.8, 4) is 0 Å². The van der Waals surface area contributed by atoms with Gasteiger partial charge < -0.3 is 4.42 Å². The molecule has 130 valence electrons. The Morgan fingerprint density at radius 3 is 1.88 bits per heavy atom. The molecule has 0 unspecified atom stereocenters. The molecule has 0 spiro atoms. The molecule has 1 aromatic heterocycles. The summed E-state index contributed by atoms with van der Waals surface area (Å²) in [6.07, 6.45) is 0. The molecule has 0 bridgehead atoms. The summed E-state index contributed by atoms with van der Waals surface area (Å²) in [5.74, 6) is 0.697. The molecule has 0 aliphatic rings. The van der Waals surface area contributed by atoms with Crippen molar-refractivity contribution in [2.24, 2.45) is 4.36 Å². The zero-order chi connectivity index (χ0) is 17.8. The predicted octanol–water partition coefficient (Wildman–Crippen LogP) is 5.33. The van der Waals surface area contributed by atoms with Crippen molar-refractivity contribution >= 4 is 26.8 Å². The molecule has 0 atom stereocenters. The Kier molecular flexibility index (Phi) is 4.54. The van der Waals surface area contributed by atoms with E-state index < -0.39 is 9.73 Å². The second-order valence-electron chi connectivity index (χ2n) is 6.09. The molecule has 1 heterocycles. The quantitative estimate of drug-likeness (QED) is 0.482. The van der Waals surface area contributed by atoms with Crippen molar-refractivity contribution in [1.29, 1.82) is 0 Å². The van der Waals surface area contributed by atoms with E-state index in [1.54, 1.807) is 0 Å². The van der Waals surface area contributed by atoms with Crippen LogP contribution in [-0.2, 0) is 21.2 Å². The Balaban J connectivity index is 1.77. The van der Waals surface area contributed by atoms with Crippen molar-refractivity contribution in [2.75, 3.05) is 0 Å². The zero-order valence-electron chi connectivity index (χ0n) is 14.1. The first-order valence-corrected chi connectivity index (χ1v) is 10.2. The minimum absolute atomic E-state index is 0.170. The van der Waals surface area contributed by atoms with E-state index in [-0.39, 0.29) is 6.01 Å². The van der Waals surface area contributed by atoms with E-state index in [1.165, 1.54) is 0 Å². The molecule has 5 heteroatoms. The molecule has 0 amide bonds. The number of rotatable bonds is 5. The van der Waals surface area contributed by atoms with Gasteiger partial charge in [0.25, 0.3) is 0 Å². The van der Waals surface area contributed by atoms with E-state index in [1.807, 2.05) is 84.9 Å². The van der Waals surface area contributed by atoms with Gasteiger partial charge in [-0.1, -0.05) is 72.8 Å². The van der Waals surface area contributed by atoms with Crippen LogP contribution >= 0.6 is 0 Å². The average molecular weight is 362 g/mol. The van der Waals surface area contributed by atoms with Crippen LogP contribution in [0.1, 0.15) is 11.1 Å². The second kappa shape index (κ2) is 7.14. The number of aromatic nitrogens is 1. The molecular formula is C21H18N2O2S. The topological polar surface area (TPSA) is 55.5 Å². The summed E-state index contributed by atoms with van der Waals surface area (Å²) >= 11 is 0. The van der Waals surface area contributed by atoms with Gasteiger partial charge >= 0.3 is 6.01 Å². The summed E-state index contributed by atoms with van der Waals surface area (Å²) in [5.41, 5.74) is 3.32. The van der Waals surface area contributed by atoms with Crippen LogP contribution in [0.2, 0.25) is 0 Å². The maximum absolute atomic E-state index is 13.7. The maximum Gasteiger partial charge on any atom is 0.331 e. The van der Waals surface area contributed by atoms with Gasteiger partial charge in [0.2, 0.25) is 0 Å². The van der Waals surface area contributed by atoms with Gasteiger partial charge in [-0.15, -0.1) is 4.36 Å². The number of oxazole rings is 1. The van der Waals surface area contributed by atoms with Crippen LogP contribution in [0.3, 0.4) is 0 Å². The summed E-state index contributed by atoms with van der Waals surface area (Å²) in [4.78, 5) is 4.37. The molecule has 0 fully saturated rings. The van der Waals surface area contributed by atoms with Gasteiger partial charge in [-0.25, -0.2) is 4.21 Å². The summed E-state index contributed by atoms with van der Waals surface area (Å²) in [6.45, 7) is 0. The van der Waals surface area contributed by atoms with Crippen molar-refractivity contribution in [3.63, 3.8) is 0 Å².